The molecule has 0 aliphatic heterocycles. The maximum Gasteiger partial charge on any atom is 0.312 e. The quantitative estimate of drug-likeness (QED) is 0.304. The first kappa shape index (κ1) is 23.4. The van der Waals surface area contributed by atoms with Gasteiger partial charge in [0.1, 0.15) is 0 Å². The summed E-state index contributed by atoms with van der Waals surface area (Å²) < 4.78 is 15.9. The van der Waals surface area contributed by atoms with E-state index < -0.39 is 17.3 Å². The molecule has 0 aromatic carbocycles. The van der Waals surface area contributed by atoms with Crippen molar-refractivity contribution in [1.82, 2.24) is 0 Å². The third-order valence-electron chi connectivity index (χ3n) is 5.59. The molecule has 156 valence electrons. The Morgan fingerprint density at radius 2 is 1.59 bits per heavy atom. The second kappa shape index (κ2) is 12.0. The second-order valence-electron chi connectivity index (χ2n) is 7.23. The Balaban J connectivity index is 2.83. The van der Waals surface area contributed by atoms with Crippen LogP contribution in [0.2, 0.25) is 0 Å². The molecule has 0 spiro atoms. The van der Waals surface area contributed by atoms with Crippen LogP contribution < -0.4 is 0 Å². The molecule has 1 aliphatic rings. The molecule has 0 saturated heterocycles. The highest BCUT2D eigenvalue weighted by molar-refractivity contribution is 5.86. The van der Waals surface area contributed by atoms with Crippen molar-refractivity contribution in [3.63, 3.8) is 0 Å². The Hall–Kier alpha value is -1.59. The third kappa shape index (κ3) is 6.22. The molecule has 1 fully saturated rings. The molecule has 3 atom stereocenters. The highest BCUT2D eigenvalue weighted by Gasteiger charge is 2.54. The van der Waals surface area contributed by atoms with E-state index in [0.717, 1.165) is 25.7 Å². The topological polar surface area (TPSA) is 78.9 Å². The number of unbranched alkanes of at least 4 members (excludes halogenated alkanes) is 3. The fraction of sp³-hybridized carbons (Fsp3) is 0.857. The third-order valence-corrected chi connectivity index (χ3v) is 5.59. The van der Waals surface area contributed by atoms with Crippen LogP contribution in [0.1, 0.15) is 79.1 Å². The summed E-state index contributed by atoms with van der Waals surface area (Å²) in [5.41, 5.74) is -0.916. The van der Waals surface area contributed by atoms with Crippen molar-refractivity contribution in [2.75, 3.05) is 19.8 Å². The molecule has 27 heavy (non-hydrogen) atoms. The van der Waals surface area contributed by atoms with Crippen LogP contribution >= 0.6 is 0 Å². The minimum Gasteiger partial charge on any atom is -0.466 e. The monoisotopic (exact) mass is 384 g/mol. The van der Waals surface area contributed by atoms with Gasteiger partial charge >= 0.3 is 17.9 Å². The van der Waals surface area contributed by atoms with Gasteiger partial charge in [0.2, 0.25) is 0 Å². The summed E-state index contributed by atoms with van der Waals surface area (Å²) in [6, 6.07) is 0. The van der Waals surface area contributed by atoms with Gasteiger partial charge in [0.05, 0.1) is 37.1 Å². The Bertz CT molecular complexity index is 489. The summed E-state index contributed by atoms with van der Waals surface area (Å²) >= 11 is 0. The van der Waals surface area contributed by atoms with Crippen LogP contribution in [0, 0.1) is 17.3 Å². The minimum atomic E-state index is -0.916. The Morgan fingerprint density at radius 1 is 0.889 bits per heavy atom. The molecule has 1 aliphatic carbocycles. The van der Waals surface area contributed by atoms with E-state index in [9.17, 15) is 14.4 Å². The molecule has 1 saturated carbocycles. The molecule has 0 aromatic rings. The van der Waals surface area contributed by atoms with E-state index in [1.807, 2.05) is 6.92 Å². The van der Waals surface area contributed by atoms with Gasteiger partial charge in [-0.1, -0.05) is 33.1 Å². The van der Waals surface area contributed by atoms with Gasteiger partial charge in [-0.3, -0.25) is 14.4 Å². The molecule has 6 nitrogen and oxygen atoms in total. The summed E-state index contributed by atoms with van der Waals surface area (Å²) in [5.74, 6) is -2.10. The number of esters is 3. The lowest BCUT2D eigenvalue weighted by Gasteiger charge is -2.42. The fourth-order valence-electron chi connectivity index (χ4n) is 3.92. The maximum atomic E-state index is 12.7. The first-order valence-electron chi connectivity index (χ1n) is 10.5. The number of rotatable bonds is 11. The number of carbonyl (C=O) groups is 3. The van der Waals surface area contributed by atoms with Crippen LogP contribution in [0.3, 0.4) is 0 Å². The van der Waals surface area contributed by atoms with E-state index in [4.69, 9.17) is 14.2 Å². The first-order chi connectivity index (χ1) is 13.0. The first-order valence-corrected chi connectivity index (χ1v) is 10.5. The molecule has 6 heteroatoms. The number of hydrogen-bond donors (Lipinski definition) is 0. The van der Waals surface area contributed by atoms with E-state index in [1.54, 1.807) is 13.8 Å². The van der Waals surface area contributed by atoms with Gasteiger partial charge in [0.25, 0.3) is 0 Å². The second-order valence-corrected chi connectivity index (χ2v) is 7.23. The number of ether oxygens (including phenoxy) is 3. The number of carbonyl (C=O) groups excluding carboxylic acids is 3. The normalized spacial score (nSPS) is 24.9. The molecule has 0 amide bonds. The Kier molecular flexibility index (Phi) is 10.4. The molecule has 0 radical (unpaired) electrons. The van der Waals surface area contributed by atoms with Gasteiger partial charge in [-0.15, -0.1) is 0 Å². The molecular weight excluding hydrogens is 348 g/mol. The van der Waals surface area contributed by atoms with E-state index in [0.29, 0.717) is 25.9 Å². The van der Waals surface area contributed by atoms with Crippen LogP contribution in [0.4, 0.5) is 0 Å². The zero-order valence-electron chi connectivity index (χ0n) is 17.4. The molecule has 3 unspecified atom stereocenters. The van der Waals surface area contributed by atoms with Gasteiger partial charge < -0.3 is 14.2 Å². The molecule has 0 heterocycles. The van der Waals surface area contributed by atoms with Gasteiger partial charge in [0, 0.05) is 0 Å². The molecule has 0 bridgehead atoms. The van der Waals surface area contributed by atoms with Crippen LogP contribution in [-0.2, 0) is 28.6 Å². The highest BCUT2D eigenvalue weighted by atomic mass is 16.5. The van der Waals surface area contributed by atoms with Crippen molar-refractivity contribution < 1.29 is 28.6 Å². The van der Waals surface area contributed by atoms with E-state index >= 15 is 0 Å². The van der Waals surface area contributed by atoms with Crippen molar-refractivity contribution in [3.8, 4) is 0 Å². The van der Waals surface area contributed by atoms with E-state index in [2.05, 4.69) is 6.92 Å². The fourth-order valence-corrected chi connectivity index (χ4v) is 3.92. The van der Waals surface area contributed by atoms with Crippen LogP contribution in [-0.4, -0.2) is 37.7 Å². The van der Waals surface area contributed by atoms with Crippen molar-refractivity contribution in [2.24, 2.45) is 17.3 Å². The lowest BCUT2D eigenvalue weighted by atomic mass is 9.61. The van der Waals surface area contributed by atoms with Crippen LogP contribution in [0.5, 0.6) is 0 Å². The SMILES string of the molecule is CCCCCCOC(=O)C1CCC(CC)(C(=O)OCC)C(C(=O)OCC)C1. The zero-order valence-corrected chi connectivity index (χ0v) is 17.4. The maximum absolute atomic E-state index is 12.7. The lowest BCUT2D eigenvalue weighted by Crippen LogP contribution is -2.49. The van der Waals surface area contributed by atoms with Crippen LogP contribution in [0.25, 0.3) is 0 Å². The molecule has 0 aromatic heterocycles. The molecule has 0 N–H and O–H groups in total. The van der Waals surface area contributed by atoms with Gasteiger partial charge in [-0.25, -0.2) is 0 Å². The summed E-state index contributed by atoms with van der Waals surface area (Å²) in [4.78, 5) is 37.7. The highest BCUT2D eigenvalue weighted by Crippen LogP contribution is 2.48. The van der Waals surface area contributed by atoms with Gasteiger partial charge in [-0.2, -0.15) is 0 Å². The summed E-state index contributed by atoms with van der Waals surface area (Å²) in [6.45, 7) is 8.42. The predicted molar refractivity (Wildman–Crippen MR) is 102 cm³/mol. The molecule has 1 rings (SSSR count). The predicted octanol–water partition coefficient (Wildman–Crippen LogP) is 4.05. The zero-order chi connectivity index (χ0) is 20.3. The van der Waals surface area contributed by atoms with Gasteiger partial charge in [0.15, 0.2) is 0 Å². The van der Waals surface area contributed by atoms with Crippen molar-refractivity contribution >= 4 is 17.9 Å². The Morgan fingerprint density at radius 3 is 2.19 bits per heavy atom. The Labute approximate surface area is 163 Å². The summed E-state index contributed by atoms with van der Waals surface area (Å²) in [5, 5.41) is 0. The van der Waals surface area contributed by atoms with Crippen LogP contribution in [0.15, 0.2) is 0 Å². The summed E-state index contributed by atoms with van der Waals surface area (Å²) in [7, 11) is 0. The lowest BCUT2D eigenvalue weighted by molar-refractivity contribution is -0.177. The van der Waals surface area contributed by atoms with Crippen molar-refractivity contribution in [3.05, 3.63) is 0 Å². The van der Waals surface area contributed by atoms with Gasteiger partial charge in [-0.05, 0) is 46.0 Å². The molecular formula is C21H36O6. The van der Waals surface area contributed by atoms with E-state index in [-0.39, 0.29) is 37.5 Å². The largest absolute Gasteiger partial charge is 0.466 e. The van der Waals surface area contributed by atoms with Crippen molar-refractivity contribution in [2.45, 2.75) is 79.1 Å². The smallest absolute Gasteiger partial charge is 0.312 e. The van der Waals surface area contributed by atoms with E-state index in [1.165, 1.54) is 0 Å². The average Bonchev–Trinajstić information content (AvgIpc) is 2.67. The minimum absolute atomic E-state index is 0.241. The standard InChI is InChI=1S/C21H36O6/c1-5-9-10-11-14-27-18(22)16-12-13-21(6-2,20(24)26-8-4)17(15-16)19(23)25-7-3/h16-17H,5-15H2,1-4H3. The summed E-state index contributed by atoms with van der Waals surface area (Å²) in [6.07, 6.45) is 5.87. The number of hydrogen-bond acceptors (Lipinski definition) is 6. The van der Waals surface area contributed by atoms with Crippen molar-refractivity contribution in [1.29, 1.82) is 0 Å². The average molecular weight is 385 g/mol.